The predicted molar refractivity (Wildman–Crippen MR) is 116 cm³/mol. The van der Waals surface area contributed by atoms with Gasteiger partial charge in [-0.1, -0.05) is 0 Å². The molecule has 0 saturated heterocycles. The number of aromatic nitrogens is 4. The second-order valence-electron chi connectivity index (χ2n) is 9.12. The molecule has 174 valence electrons. The first-order chi connectivity index (χ1) is 15.5. The van der Waals surface area contributed by atoms with Gasteiger partial charge >= 0.3 is 6.09 Å². The molecule has 1 aliphatic carbocycles. The number of rotatable bonds is 5. The summed E-state index contributed by atoms with van der Waals surface area (Å²) in [5, 5.41) is 11.3. The van der Waals surface area contributed by atoms with Gasteiger partial charge in [-0.25, -0.2) is 18.3 Å². The number of ether oxygens (including phenoxy) is 1. The summed E-state index contributed by atoms with van der Waals surface area (Å²) in [6.07, 6.45) is 2.86. The van der Waals surface area contributed by atoms with Gasteiger partial charge in [0.15, 0.2) is 17.5 Å². The highest BCUT2D eigenvalue weighted by molar-refractivity contribution is 5.94. The Bertz CT molecular complexity index is 1210. The maximum atomic E-state index is 13.5. The highest BCUT2D eigenvalue weighted by atomic mass is 19.2. The minimum atomic E-state index is -0.984. The van der Waals surface area contributed by atoms with E-state index in [4.69, 9.17) is 4.74 Å². The van der Waals surface area contributed by atoms with Crippen LogP contribution in [-0.4, -0.2) is 37.2 Å². The summed E-state index contributed by atoms with van der Waals surface area (Å²) < 4.78 is 34.7. The quantitative estimate of drug-likeness (QED) is 0.597. The zero-order chi connectivity index (χ0) is 23.9. The molecule has 0 spiro atoms. The molecule has 33 heavy (non-hydrogen) atoms. The van der Waals surface area contributed by atoms with Crippen molar-refractivity contribution in [3.8, 4) is 5.69 Å². The Kier molecular flexibility index (Phi) is 5.77. The Hall–Kier alpha value is -3.56. The van der Waals surface area contributed by atoms with Gasteiger partial charge in [0, 0.05) is 24.2 Å². The van der Waals surface area contributed by atoms with Gasteiger partial charge in [-0.3, -0.25) is 4.79 Å². The van der Waals surface area contributed by atoms with Crippen LogP contribution in [0, 0.1) is 11.6 Å². The molecule has 1 saturated carbocycles. The van der Waals surface area contributed by atoms with E-state index in [2.05, 4.69) is 15.5 Å². The molecular formula is C23H25F2N5O3. The maximum absolute atomic E-state index is 13.5. The lowest BCUT2D eigenvalue weighted by Gasteiger charge is -2.19. The second kappa shape index (κ2) is 8.42. The van der Waals surface area contributed by atoms with Gasteiger partial charge in [0.1, 0.15) is 5.60 Å². The number of hydrogen-bond donors (Lipinski definition) is 1. The number of nitrogens with one attached hydrogen (secondary N) is 1. The molecule has 1 unspecified atom stereocenters. The lowest BCUT2D eigenvalue weighted by Crippen LogP contribution is -2.28. The number of carbonyl (C=O) groups is 2. The van der Waals surface area contributed by atoms with Gasteiger partial charge in [0.25, 0.3) is 0 Å². The average Bonchev–Trinajstić information content (AvgIpc) is 3.30. The van der Waals surface area contributed by atoms with Crippen molar-refractivity contribution in [2.45, 2.75) is 58.0 Å². The maximum Gasteiger partial charge on any atom is 0.435 e. The van der Waals surface area contributed by atoms with Crippen molar-refractivity contribution in [2.75, 3.05) is 5.32 Å². The molecule has 1 aliphatic rings. The topological polar surface area (TPSA) is 91.0 Å². The summed E-state index contributed by atoms with van der Waals surface area (Å²) in [4.78, 5) is 25.4. The van der Waals surface area contributed by atoms with Crippen molar-refractivity contribution >= 4 is 17.8 Å². The van der Waals surface area contributed by atoms with E-state index in [0.717, 1.165) is 25.0 Å². The van der Waals surface area contributed by atoms with E-state index in [1.165, 1.54) is 15.4 Å². The van der Waals surface area contributed by atoms with Crippen molar-refractivity contribution < 1.29 is 23.1 Å². The molecule has 3 aromatic rings. The van der Waals surface area contributed by atoms with E-state index in [1.807, 2.05) is 0 Å². The molecule has 4 rings (SSSR count). The molecule has 1 fully saturated rings. The third-order valence-electron chi connectivity index (χ3n) is 5.16. The fourth-order valence-corrected chi connectivity index (χ4v) is 3.29. The number of halogens is 2. The molecule has 10 heteroatoms. The monoisotopic (exact) mass is 457 g/mol. The van der Waals surface area contributed by atoms with Crippen molar-refractivity contribution in [1.29, 1.82) is 0 Å². The third-order valence-corrected chi connectivity index (χ3v) is 5.16. The molecular weight excluding hydrogens is 432 g/mol. The predicted octanol–water partition coefficient (Wildman–Crippen LogP) is 4.75. The summed E-state index contributed by atoms with van der Waals surface area (Å²) in [6, 6.07) is 6.75. The van der Waals surface area contributed by atoms with Crippen LogP contribution in [0.1, 0.15) is 63.8 Å². The number of hydrogen-bond acceptors (Lipinski definition) is 5. The fraction of sp³-hybridized carbons (Fsp3) is 0.391. The third kappa shape index (κ3) is 5.10. The van der Waals surface area contributed by atoms with Crippen molar-refractivity contribution in [3.05, 3.63) is 59.6 Å². The Morgan fingerprint density at radius 2 is 1.85 bits per heavy atom. The van der Waals surface area contributed by atoms with E-state index in [1.54, 1.807) is 46.0 Å². The zero-order valence-corrected chi connectivity index (χ0v) is 18.8. The van der Waals surface area contributed by atoms with Crippen LogP contribution in [0.25, 0.3) is 5.69 Å². The van der Waals surface area contributed by atoms with Crippen LogP contribution >= 0.6 is 0 Å². The number of carbonyl (C=O) groups excluding carboxylic acids is 2. The van der Waals surface area contributed by atoms with Crippen molar-refractivity contribution in [1.82, 2.24) is 19.6 Å². The van der Waals surface area contributed by atoms with Crippen molar-refractivity contribution in [2.24, 2.45) is 0 Å². The Balaban J connectivity index is 1.49. The van der Waals surface area contributed by atoms with Crippen molar-refractivity contribution in [3.63, 3.8) is 0 Å². The van der Waals surface area contributed by atoms with Crippen LogP contribution in [0.3, 0.4) is 0 Å². The molecule has 1 N–H and O–H groups in total. The molecule has 1 aromatic carbocycles. The van der Waals surface area contributed by atoms with Gasteiger partial charge < -0.3 is 10.1 Å². The first kappa shape index (κ1) is 22.6. The normalized spacial score (nSPS) is 14.7. The van der Waals surface area contributed by atoms with Gasteiger partial charge in [0.05, 0.1) is 23.0 Å². The van der Waals surface area contributed by atoms with Crippen LogP contribution in [0.2, 0.25) is 0 Å². The van der Waals surface area contributed by atoms with E-state index in [0.29, 0.717) is 17.1 Å². The molecule has 2 aromatic heterocycles. The molecule has 2 heterocycles. The molecule has 0 radical (unpaired) electrons. The van der Waals surface area contributed by atoms with E-state index < -0.39 is 29.2 Å². The van der Waals surface area contributed by atoms with Crippen LogP contribution < -0.4 is 5.32 Å². The largest absolute Gasteiger partial charge is 0.442 e. The van der Waals surface area contributed by atoms with Gasteiger partial charge in [-0.15, -0.1) is 5.10 Å². The Morgan fingerprint density at radius 1 is 1.12 bits per heavy atom. The summed E-state index contributed by atoms with van der Waals surface area (Å²) in [5.41, 5.74) is 0.799. The fourth-order valence-electron chi connectivity index (χ4n) is 3.29. The summed E-state index contributed by atoms with van der Waals surface area (Å²) in [5.74, 6) is -2.51. The van der Waals surface area contributed by atoms with Crippen LogP contribution in [-0.2, 0) is 9.53 Å². The first-order valence-electron chi connectivity index (χ1n) is 10.7. The summed E-state index contributed by atoms with van der Waals surface area (Å²) in [6.45, 7) is 6.99. The summed E-state index contributed by atoms with van der Waals surface area (Å²) in [7, 11) is 0. The highest BCUT2D eigenvalue weighted by Gasteiger charge is 2.32. The number of amides is 1. The van der Waals surface area contributed by atoms with E-state index in [9.17, 15) is 18.4 Å². The molecule has 1 amide bonds. The van der Waals surface area contributed by atoms with Crippen LogP contribution in [0.15, 0.2) is 36.5 Å². The summed E-state index contributed by atoms with van der Waals surface area (Å²) >= 11 is 0. The minimum absolute atomic E-state index is 0.208. The van der Waals surface area contributed by atoms with Crippen LogP contribution in [0.4, 0.5) is 19.4 Å². The second-order valence-corrected chi connectivity index (χ2v) is 9.12. The lowest BCUT2D eigenvalue weighted by atomic mass is 10.1. The molecule has 0 bridgehead atoms. The van der Waals surface area contributed by atoms with E-state index >= 15 is 0 Å². The SMILES string of the molecule is CC(C(=O)Nc1cc(C2CC2)n(C(=O)OC(C)(C)C)n1)c1ccn(-c2ccc(F)c(F)c2)n1. The number of benzene rings is 1. The lowest BCUT2D eigenvalue weighted by molar-refractivity contribution is -0.117. The average molecular weight is 457 g/mol. The van der Waals surface area contributed by atoms with Gasteiger partial charge in [0.2, 0.25) is 5.91 Å². The number of nitrogens with zero attached hydrogens (tertiary/aromatic N) is 4. The van der Waals surface area contributed by atoms with Gasteiger partial charge in [-0.05, 0) is 58.7 Å². The molecule has 8 nitrogen and oxygen atoms in total. The smallest absolute Gasteiger partial charge is 0.435 e. The minimum Gasteiger partial charge on any atom is -0.442 e. The molecule has 0 aliphatic heterocycles. The number of anilines is 1. The highest BCUT2D eigenvalue weighted by Crippen LogP contribution is 2.41. The Morgan fingerprint density at radius 3 is 2.48 bits per heavy atom. The van der Waals surface area contributed by atoms with E-state index in [-0.39, 0.29) is 17.6 Å². The first-order valence-corrected chi connectivity index (χ1v) is 10.7. The zero-order valence-electron chi connectivity index (χ0n) is 18.8. The Labute approximate surface area is 189 Å². The molecule has 1 atom stereocenters. The van der Waals surface area contributed by atoms with Crippen LogP contribution in [0.5, 0.6) is 0 Å². The standard InChI is InChI=1S/C23H25F2N5O3/c1-13(18-9-10-29(27-18)15-7-8-16(24)17(25)11-15)21(31)26-20-12-19(14-5-6-14)30(28-20)22(32)33-23(2,3)4/h7-14H,5-6H2,1-4H3,(H,26,28,31). The van der Waals surface area contributed by atoms with Gasteiger partial charge in [-0.2, -0.15) is 9.78 Å².